The fraction of sp³-hybridized carbons (Fsp3) is 0.364. The lowest BCUT2D eigenvalue weighted by Crippen LogP contribution is -2.28. The first kappa shape index (κ1) is 13.6. The van der Waals surface area contributed by atoms with E-state index in [9.17, 15) is 12.8 Å². The molecule has 0 spiro atoms. The molecule has 0 aromatic heterocycles. The van der Waals surface area contributed by atoms with E-state index in [1.165, 1.54) is 12.1 Å². The fourth-order valence-electron chi connectivity index (χ4n) is 1.30. The van der Waals surface area contributed by atoms with Crippen molar-refractivity contribution in [2.45, 2.75) is 12.8 Å². The molecular formula is C11H13FN2O2S. The number of hydrogen-bond acceptors (Lipinski definition) is 3. The van der Waals surface area contributed by atoms with E-state index in [0.717, 1.165) is 5.56 Å². The highest BCUT2D eigenvalue weighted by Crippen LogP contribution is 2.03. The van der Waals surface area contributed by atoms with Gasteiger partial charge in [0, 0.05) is 6.54 Å². The quantitative estimate of drug-likeness (QED) is 0.831. The van der Waals surface area contributed by atoms with Crippen LogP contribution in [0.5, 0.6) is 0 Å². The predicted molar refractivity (Wildman–Crippen MR) is 62.1 cm³/mol. The van der Waals surface area contributed by atoms with Gasteiger partial charge in [0.1, 0.15) is 5.82 Å². The Kier molecular flexibility index (Phi) is 5.07. The maximum atomic E-state index is 12.8. The highest BCUT2D eigenvalue weighted by atomic mass is 32.2. The van der Waals surface area contributed by atoms with Gasteiger partial charge in [-0.1, -0.05) is 12.1 Å². The standard InChI is InChI=1S/C11H13FN2O2S/c12-11-4-1-3-10(9-11)5-7-14-17(15,16)8-2-6-13/h1,3-4,9,14H,2,5,7-8H2. The summed E-state index contributed by atoms with van der Waals surface area (Å²) < 4.78 is 37.8. The summed E-state index contributed by atoms with van der Waals surface area (Å²) in [4.78, 5) is 0. The van der Waals surface area contributed by atoms with Gasteiger partial charge < -0.3 is 0 Å². The Bertz CT molecular complexity index is 508. The molecule has 92 valence electrons. The molecule has 0 saturated carbocycles. The second-order valence-corrected chi connectivity index (χ2v) is 5.43. The summed E-state index contributed by atoms with van der Waals surface area (Å²) in [6.07, 6.45) is 0.388. The van der Waals surface area contributed by atoms with Crippen LogP contribution in [0.15, 0.2) is 24.3 Å². The molecule has 0 unspecified atom stereocenters. The Morgan fingerprint density at radius 3 is 2.82 bits per heavy atom. The molecule has 0 aliphatic carbocycles. The van der Waals surface area contributed by atoms with Crippen molar-refractivity contribution in [2.24, 2.45) is 0 Å². The number of nitrogens with zero attached hydrogens (tertiary/aromatic N) is 1. The van der Waals surface area contributed by atoms with Gasteiger partial charge in [0.25, 0.3) is 0 Å². The van der Waals surface area contributed by atoms with Crippen molar-refractivity contribution in [3.8, 4) is 6.07 Å². The van der Waals surface area contributed by atoms with Crippen LogP contribution in [0, 0.1) is 17.1 Å². The molecule has 0 fully saturated rings. The van der Waals surface area contributed by atoms with Crippen LogP contribution in [0.2, 0.25) is 0 Å². The second kappa shape index (κ2) is 6.33. The molecule has 0 heterocycles. The van der Waals surface area contributed by atoms with Gasteiger partial charge in [0.2, 0.25) is 10.0 Å². The van der Waals surface area contributed by atoms with Gasteiger partial charge in [-0.25, -0.2) is 17.5 Å². The summed E-state index contributed by atoms with van der Waals surface area (Å²) in [5.41, 5.74) is 0.730. The van der Waals surface area contributed by atoms with E-state index >= 15 is 0 Å². The third-order valence-corrected chi connectivity index (χ3v) is 3.49. The van der Waals surface area contributed by atoms with Gasteiger partial charge in [0.05, 0.1) is 18.2 Å². The molecule has 1 aromatic rings. The zero-order valence-corrected chi connectivity index (χ0v) is 10.0. The van der Waals surface area contributed by atoms with Crippen molar-refractivity contribution in [3.05, 3.63) is 35.6 Å². The van der Waals surface area contributed by atoms with Crippen molar-refractivity contribution >= 4 is 10.0 Å². The van der Waals surface area contributed by atoms with E-state index < -0.39 is 10.0 Å². The maximum Gasteiger partial charge on any atom is 0.212 e. The Morgan fingerprint density at radius 2 is 2.18 bits per heavy atom. The number of nitriles is 1. The normalized spacial score (nSPS) is 11.1. The Morgan fingerprint density at radius 1 is 1.41 bits per heavy atom. The van der Waals surface area contributed by atoms with E-state index in [-0.39, 0.29) is 24.5 Å². The number of rotatable bonds is 6. The summed E-state index contributed by atoms with van der Waals surface area (Å²) in [6.45, 7) is 0.206. The van der Waals surface area contributed by atoms with Gasteiger partial charge in [-0.15, -0.1) is 0 Å². The summed E-state index contributed by atoms with van der Waals surface area (Å²) in [5, 5.41) is 8.28. The van der Waals surface area contributed by atoms with Crippen molar-refractivity contribution in [1.82, 2.24) is 4.72 Å². The van der Waals surface area contributed by atoms with E-state index in [1.807, 2.05) is 0 Å². The Hall–Kier alpha value is -1.45. The van der Waals surface area contributed by atoms with Crippen LogP contribution < -0.4 is 4.72 Å². The molecule has 4 nitrogen and oxygen atoms in total. The number of sulfonamides is 1. The lowest BCUT2D eigenvalue weighted by molar-refractivity contribution is 0.581. The van der Waals surface area contributed by atoms with E-state index in [1.54, 1.807) is 18.2 Å². The van der Waals surface area contributed by atoms with Crippen molar-refractivity contribution in [3.63, 3.8) is 0 Å². The molecule has 0 amide bonds. The van der Waals surface area contributed by atoms with Crippen LogP contribution in [-0.2, 0) is 16.4 Å². The van der Waals surface area contributed by atoms with Crippen LogP contribution in [0.25, 0.3) is 0 Å². The molecule has 1 N–H and O–H groups in total. The molecule has 1 aromatic carbocycles. The molecule has 17 heavy (non-hydrogen) atoms. The summed E-state index contributed by atoms with van der Waals surface area (Å²) in [5.74, 6) is -0.540. The fourth-order valence-corrected chi connectivity index (χ4v) is 2.21. The minimum Gasteiger partial charge on any atom is -0.215 e. The SMILES string of the molecule is N#CCCS(=O)(=O)NCCc1cccc(F)c1. The van der Waals surface area contributed by atoms with Gasteiger partial charge in [-0.3, -0.25) is 0 Å². The van der Waals surface area contributed by atoms with Gasteiger partial charge in [0.15, 0.2) is 0 Å². The van der Waals surface area contributed by atoms with Gasteiger partial charge in [-0.05, 0) is 24.1 Å². The molecule has 0 radical (unpaired) electrons. The summed E-state index contributed by atoms with van der Waals surface area (Å²) in [6, 6.07) is 7.78. The number of halogens is 1. The van der Waals surface area contributed by atoms with Crippen molar-refractivity contribution in [2.75, 3.05) is 12.3 Å². The van der Waals surface area contributed by atoms with E-state index in [2.05, 4.69) is 4.72 Å². The second-order valence-electron chi connectivity index (χ2n) is 3.50. The molecule has 1 rings (SSSR count). The highest BCUT2D eigenvalue weighted by molar-refractivity contribution is 7.89. The largest absolute Gasteiger partial charge is 0.215 e. The highest BCUT2D eigenvalue weighted by Gasteiger charge is 2.08. The first-order valence-electron chi connectivity index (χ1n) is 5.12. The average Bonchev–Trinajstić information content (AvgIpc) is 2.26. The van der Waals surface area contributed by atoms with Crippen molar-refractivity contribution in [1.29, 1.82) is 5.26 Å². The number of hydrogen-bond donors (Lipinski definition) is 1. The monoisotopic (exact) mass is 256 g/mol. The predicted octanol–water partition coefficient (Wildman–Crippen LogP) is 1.20. The number of nitrogens with one attached hydrogen (secondary N) is 1. The third kappa shape index (κ3) is 5.43. The lowest BCUT2D eigenvalue weighted by Gasteiger charge is -2.05. The van der Waals surface area contributed by atoms with E-state index in [0.29, 0.717) is 6.42 Å². The van der Waals surface area contributed by atoms with Crippen LogP contribution >= 0.6 is 0 Å². The van der Waals surface area contributed by atoms with Gasteiger partial charge in [-0.2, -0.15) is 5.26 Å². The van der Waals surface area contributed by atoms with Gasteiger partial charge >= 0.3 is 0 Å². The first-order chi connectivity index (χ1) is 8.03. The Balaban J connectivity index is 2.40. The number of benzene rings is 1. The lowest BCUT2D eigenvalue weighted by atomic mass is 10.1. The molecule has 0 aliphatic heterocycles. The Labute approximate surface area is 100 Å². The summed E-state index contributed by atoms with van der Waals surface area (Å²) >= 11 is 0. The van der Waals surface area contributed by atoms with Crippen LogP contribution in [0.4, 0.5) is 4.39 Å². The zero-order chi connectivity index (χ0) is 12.7. The minimum absolute atomic E-state index is 0.0324. The third-order valence-electron chi connectivity index (χ3n) is 2.11. The average molecular weight is 256 g/mol. The molecular weight excluding hydrogens is 243 g/mol. The maximum absolute atomic E-state index is 12.8. The van der Waals surface area contributed by atoms with E-state index in [4.69, 9.17) is 5.26 Å². The molecule has 0 atom stereocenters. The topological polar surface area (TPSA) is 70.0 Å². The zero-order valence-electron chi connectivity index (χ0n) is 9.19. The van der Waals surface area contributed by atoms with Crippen LogP contribution in [-0.4, -0.2) is 20.7 Å². The minimum atomic E-state index is -3.39. The smallest absolute Gasteiger partial charge is 0.212 e. The molecule has 0 aliphatic rings. The van der Waals surface area contributed by atoms with Crippen molar-refractivity contribution < 1.29 is 12.8 Å². The summed E-state index contributed by atoms with van der Waals surface area (Å²) in [7, 11) is -3.39. The van der Waals surface area contributed by atoms with Crippen LogP contribution in [0.1, 0.15) is 12.0 Å². The molecule has 0 bridgehead atoms. The first-order valence-corrected chi connectivity index (χ1v) is 6.77. The molecule has 0 saturated heterocycles. The molecule has 6 heteroatoms. The van der Waals surface area contributed by atoms with Crippen LogP contribution in [0.3, 0.4) is 0 Å².